The summed E-state index contributed by atoms with van der Waals surface area (Å²) in [6, 6.07) is 10.7. The number of hydrogen-bond donors (Lipinski definition) is 2. The number of carbonyl (C=O) groups excluding carboxylic acids is 3. The number of rotatable bonds is 5. The highest BCUT2D eigenvalue weighted by Gasteiger charge is 2.36. The molecule has 1 fully saturated rings. The monoisotopic (exact) mass is 394 g/mol. The number of hydrogen-bond acceptors (Lipinski definition) is 5. The number of aliphatic carboxylic acids is 1. The zero-order valence-corrected chi connectivity index (χ0v) is 15.8. The first kappa shape index (κ1) is 19.8. The number of carboxylic acids is 1. The van der Waals surface area contributed by atoms with Gasteiger partial charge >= 0.3 is 12.0 Å². The highest BCUT2D eigenvalue weighted by atomic mass is 16.5. The molecule has 0 saturated carbocycles. The SMILES string of the molecule is Cc1cc(C)cc(N2C(=O)NC(=O)/C(=C\c3ccc(OCC(=O)O)cc3)C2=O)c1. The molecule has 1 saturated heterocycles. The maximum Gasteiger partial charge on any atom is 0.341 e. The number of nitrogens with one attached hydrogen (secondary N) is 1. The molecule has 1 aliphatic rings. The second-order valence-electron chi connectivity index (χ2n) is 6.56. The molecule has 148 valence electrons. The lowest BCUT2D eigenvalue weighted by Crippen LogP contribution is -2.54. The lowest BCUT2D eigenvalue weighted by atomic mass is 10.1. The third-order valence-corrected chi connectivity index (χ3v) is 4.12. The fourth-order valence-electron chi connectivity index (χ4n) is 2.94. The van der Waals surface area contributed by atoms with Crippen LogP contribution >= 0.6 is 0 Å². The summed E-state index contributed by atoms with van der Waals surface area (Å²) in [5, 5.41) is 10.8. The summed E-state index contributed by atoms with van der Waals surface area (Å²) in [6.07, 6.45) is 1.36. The largest absolute Gasteiger partial charge is 0.482 e. The molecular weight excluding hydrogens is 376 g/mol. The van der Waals surface area contributed by atoms with Crippen LogP contribution in [0.25, 0.3) is 6.08 Å². The van der Waals surface area contributed by atoms with E-state index in [1.807, 2.05) is 19.9 Å². The molecular formula is C21H18N2O6. The molecule has 1 aliphatic heterocycles. The first-order chi connectivity index (χ1) is 13.7. The number of aryl methyl sites for hydroxylation is 2. The standard InChI is InChI=1S/C21H18N2O6/c1-12-7-13(2)9-15(8-12)23-20(27)17(19(26)22-21(23)28)10-14-3-5-16(6-4-14)29-11-18(24)25/h3-10H,11H2,1-2H3,(H,24,25)(H,22,26,28)/b17-10+. The molecule has 0 bridgehead atoms. The molecule has 0 aliphatic carbocycles. The highest BCUT2D eigenvalue weighted by molar-refractivity contribution is 6.39. The Labute approximate surface area is 166 Å². The van der Waals surface area contributed by atoms with Gasteiger partial charge in [-0.25, -0.2) is 14.5 Å². The van der Waals surface area contributed by atoms with E-state index in [0.717, 1.165) is 16.0 Å². The molecule has 8 heteroatoms. The van der Waals surface area contributed by atoms with Gasteiger partial charge in [0.2, 0.25) is 0 Å². The lowest BCUT2D eigenvalue weighted by molar-refractivity contribution is -0.139. The highest BCUT2D eigenvalue weighted by Crippen LogP contribution is 2.24. The number of nitrogens with zero attached hydrogens (tertiary/aromatic N) is 1. The van der Waals surface area contributed by atoms with Crippen LogP contribution in [0.15, 0.2) is 48.0 Å². The zero-order chi connectivity index (χ0) is 21.1. The maximum absolute atomic E-state index is 12.9. The van der Waals surface area contributed by atoms with E-state index in [1.165, 1.54) is 18.2 Å². The maximum atomic E-state index is 12.9. The Morgan fingerprint density at radius 2 is 1.69 bits per heavy atom. The van der Waals surface area contributed by atoms with Crippen molar-refractivity contribution in [1.82, 2.24) is 5.32 Å². The Morgan fingerprint density at radius 1 is 1.07 bits per heavy atom. The minimum atomic E-state index is -1.10. The number of carbonyl (C=O) groups is 4. The Morgan fingerprint density at radius 3 is 2.28 bits per heavy atom. The van der Waals surface area contributed by atoms with Crippen molar-refractivity contribution in [3.8, 4) is 5.75 Å². The number of amides is 4. The van der Waals surface area contributed by atoms with Gasteiger partial charge in [0, 0.05) is 0 Å². The first-order valence-corrected chi connectivity index (χ1v) is 8.69. The Hall–Kier alpha value is -3.94. The predicted octanol–water partition coefficient (Wildman–Crippen LogP) is 2.43. The van der Waals surface area contributed by atoms with Crippen molar-refractivity contribution < 1.29 is 29.0 Å². The van der Waals surface area contributed by atoms with Gasteiger partial charge in [-0.05, 0) is 60.9 Å². The van der Waals surface area contributed by atoms with Crippen molar-refractivity contribution in [1.29, 1.82) is 0 Å². The van der Waals surface area contributed by atoms with Crippen molar-refractivity contribution in [2.24, 2.45) is 0 Å². The number of benzene rings is 2. The molecule has 0 aromatic heterocycles. The summed E-state index contributed by atoms with van der Waals surface area (Å²) in [6.45, 7) is 3.21. The minimum absolute atomic E-state index is 0.192. The van der Waals surface area contributed by atoms with Crippen molar-refractivity contribution >= 4 is 35.6 Å². The van der Waals surface area contributed by atoms with Crippen molar-refractivity contribution in [3.63, 3.8) is 0 Å². The van der Waals surface area contributed by atoms with Gasteiger partial charge in [0.25, 0.3) is 11.8 Å². The molecule has 4 amide bonds. The Balaban J connectivity index is 1.90. The molecule has 0 spiro atoms. The topological polar surface area (TPSA) is 113 Å². The molecule has 2 aromatic rings. The van der Waals surface area contributed by atoms with Gasteiger partial charge in [-0.1, -0.05) is 18.2 Å². The molecule has 2 N–H and O–H groups in total. The molecule has 29 heavy (non-hydrogen) atoms. The average Bonchev–Trinajstić information content (AvgIpc) is 2.63. The van der Waals surface area contributed by atoms with Crippen molar-refractivity contribution in [3.05, 3.63) is 64.7 Å². The van der Waals surface area contributed by atoms with Gasteiger partial charge in [-0.3, -0.25) is 14.9 Å². The Bertz CT molecular complexity index is 1020. The molecule has 1 heterocycles. The van der Waals surface area contributed by atoms with E-state index in [0.29, 0.717) is 17.0 Å². The second-order valence-corrected chi connectivity index (χ2v) is 6.56. The van der Waals surface area contributed by atoms with E-state index in [2.05, 4.69) is 5.32 Å². The van der Waals surface area contributed by atoms with Gasteiger partial charge in [-0.2, -0.15) is 0 Å². The van der Waals surface area contributed by atoms with Gasteiger partial charge in [0.15, 0.2) is 6.61 Å². The summed E-state index contributed by atoms with van der Waals surface area (Å²) < 4.78 is 5.05. The fourth-order valence-corrected chi connectivity index (χ4v) is 2.94. The van der Waals surface area contributed by atoms with Gasteiger partial charge in [0.1, 0.15) is 11.3 Å². The summed E-state index contributed by atoms with van der Waals surface area (Å²) in [5.74, 6) is -2.28. The average molecular weight is 394 g/mol. The van der Waals surface area contributed by atoms with Crippen molar-refractivity contribution in [2.45, 2.75) is 13.8 Å². The third-order valence-electron chi connectivity index (χ3n) is 4.12. The molecule has 0 unspecified atom stereocenters. The summed E-state index contributed by atoms with van der Waals surface area (Å²) >= 11 is 0. The van der Waals surface area contributed by atoms with E-state index in [-0.39, 0.29) is 5.57 Å². The zero-order valence-electron chi connectivity index (χ0n) is 15.8. The Kier molecular flexibility index (Phi) is 5.45. The molecule has 3 rings (SSSR count). The normalized spacial score (nSPS) is 15.4. The quantitative estimate of drug-likeness (QED) is 0.595. The lowest BCUT2D eigenvalue weighted by Gasteiger charge is -2.27. The van der Waals surface area contributed by atoms with Crippen LogP contribution in [0, 0.1) is 13.8 Å². The van der Waals surface area contributed by atoms with Crippen LogP contribution in [-0.2, 0) is 14.4 Å². The van der Waals surface area contributed by atoms with Crippen LogP contribution in [0.5, 0.6) is 5.75 Å². The van der Waals surface area contributed by atoms with E-state index < -0.39 is 30.4 Å². The number of ether oxygens (including phenoxy) is 1. The smallest absolute Gasteiger partial charge is 0.341 e. The minimum Gasteiger partial charge on any atom is -0.482 e. The predicted molar refractivity (Wildman–Crippen MR) is 104 cm³/mol. The summed E-state index contributed by atoms with van der Waals surface area (Å²) in [4.78, 5) is 48.9. The van der Waals surface area contributed by atoms with Crippen LogP contribution in [0.1, 0.15) is 16.7 Å². The van der Waals surface area contributed by atoms with E-state index in [1.54, 1.807) is 24.3 Å². The fraction of sp³-hybridized carbons (Fsp3) is 0.143. The van der Waals surface area contributed by atoms with Crippen molar-refractivity contribution in [2.75, 3.05) is 11.5 Å². The first-order valence-electron chi connectivity index (χ1n) is 8.69. The molecule has 8 nitrogen and oxygen atoms in total. The van der Waals surface area contributed by atoms with Gasteiger partial charge < -0.3 is 9.84 Å². The van der Waals surface area contributed by atoms with Crippen LogP contribution in [0.2, 0.25) is 0 Å². The van der Waals surface area contributed by atoms with Crippen LogP contribution < -0.4 is 15.0 Å². The van der Waals surface area contributed by atoms with Crippen LogP contribution in [0.4, 0.5) is 10.5 Å². The molecule has 0 atom stereocenters. The number of anilines is 1. The number of carboxylic acid groups (broad SMARTS) is 1. The van der Waals surface area contributed by atoms with Gasteiger partial charge in [-0.15, -0.1) is 0 Å². The number of urea groups is 1. The van der Waals surface area contributed by atoms with Gasteiger partial charge in [0.05, 0.1) is 5.69 Å². The van der Waals surface area contributed by atoms with E-state index in [4.69, 9.17) is 9.84 Å². The van der Waals surface area contributed by atoms with Crippen LogP contribution in [0.3, 0.4) is 0 Å². The number of barbiturate groups is 1. The van der Waals surface area contributed by atoms with E-state index in [9.17, 15) is 19.2 Å². The number of imide groups is 2. The van der Waals surface area contributed by atoms with Crippen LogP contribution in [-0.4, -0.2) is 35.5 Å². The third kappa shape index (κ3) is 4.49. The summed E-state index contributed by atoms with van der Waals surface area (Å²) in [5.41, 5.74) is 2.45. The summed E-state index contributed by atoms with van der Waals surface area (Å²) in [7, 11) is 0. The second kappa shape index (κ2) is 7.97. The van der Waals surface area contributed by atoms with E-state index >= 15 is 0 Å². The molecule has 0 radical (unpaired) electrons. The molecule has 2 aromatic carbocycles.